The van der Waals surface area contributed by atoms with E-state index < -0.39 is 0 Å². The summed E-state index contributed by atoms with van der Waals surface area (Å²) in [7, 11) is 1.60. The molecule has 1 fully saturated rings. The van der Waals surface area contributed by atoms with Crippen molar-refractivity contribution >= 4 is 6.03 Å². The van der Waals surface area contributed by atoms with Crippen LogP contribution in [0.3, 0.4) is 0 Å². The Morgan fingerprint density at radius 3 is 3.17 bits per heavy atom. The van der Waals surface area contributed by atoms with E-state index in [9.17, 15) is 4.79 Å². The van der Waals surface area contributed by atoms with Gasteiger partial charge in [-0.2, -0.15) is 0 Å². The molecular weight excluding hydrogens is 158 g/mol. The number of carbonyl (C=O) groups excluding carboxylic acids is 1. The lowest BCUT2D eigenvalue weighted by Crippen LogP contribution is -2.57. The highest BCUT2D eigenvalue weighted by molar-refractivity contribution is 5.74. The quantitative estimate of drug-likeness (QED) is 0.456. The normalized spacial score (nSPS) is 23.8. The van der Waals surface area contributed by atoms with Crippen LogP contribution in [0.5, 0.6) is 0 Å². The summed E-state index contributed by atoms with van der Waals surface area (Å²) in [6, 6.07) is -0.200. The number of urea groups is 1. The number of rotatable bonds is 1. The lowest BCUT2D eigenvalue weighted by Gasteiger charge is -2.34. The summed E-state index contributed by atoms with van der Waals surface area (Å²) >= 11 is 0. The predicted octanol–water partition coefficient (Wildman–Crippen LogP) is -1.41. The highest BCUT2D eigenvalue weighted by atomic mass is 16.3. The van der Waals surface area contributed by atoms with Crippen LogP contribution in [-0.4, -0.2) is 55.4 Å². The molecule has 1 unspecified atom stereocenters. The second kappa shape index (κ2) is 4.27. The Morgan fingerprint density at radius 1 is 1.83 bits per heavy atom. The van der Waals surface area contributed by atoms with Crippen LogP contribution in [0.2, 0.25) is 0 Å². The summed E-state index contributed by atoms with van der Waals surface area (Å²) in [5, 5.41) is 14.6. The number of nitrogens with one attached hydrogen (secondary N) is 2. The SMILES string of the molecule is CNC(=O)N1CCNCC1CO. The maximum atomic E-state index is 11.2. The van der Waals surface area contributed by atoms with Crippen LogP contribution < -0.4 is 10.6 Å². The minimum atomic E-state index is -0.115. The van der Waals surface area contributed by atoms with Crippen molar-refractivity contribution in [3.8, 4) is 0 Å². The molecule has 0 aromatic heterocycles. The van der Waals surface area contributed by atoms with Gasteiger partial charge in [0.1, 0.15) is 0 Å². The number of nitrogens with zero attached hydrogens (tertiary/aromatic N) is 1. The molecule has 0 bridgehead atoms. The van der Waals surface area contributed by atoms with Gasteiger partial charge in [0, 0.05) is 26.7 Å². The molecule has 0 aromatic carbocycles. The van der Waals surface area contributed by atoms with Crippen molar-refractivity contribution < 1.29 is 9.90 Å². The molecule has 0 spiro atoms. The van der Waals surface area contributed by atoms with E-state index in [2.05, 4.69) is 10.6 Å². The van der Waals surface area contributed by atoms with Gasteiger partial charge < -0.3 is 20.6 Å². The Hall–Kier alpha value is -0.810. The van der Waals surface area contributed by atoms with Crippen LogP contribution >= 0.6 is 0 Å². The molecule has 5 nitrogen and oxygen atoms in total. The molecule has 1 atom stereocenters. The standard InChI is InChI=1S/C7H15N3O2/c1-8-7(12)10-3-2-9-4-6(10)5-11/h6,9,11H,2-5H2,1H3,(H,8,12). The summed E-state index contributed by atoms with van der Waals surface area (Å²) in [6.07, 6.45) is 0. The van der Waals surface area contributed by atoms with Gasteiger partial charge in [-0.15, -0.1) is 0 Å². The molecule has 1 aliphatic heterocycles. The Morgan fingerprint density at radius 2 is 2.58 bits per heavy atom. The van der Waals surface area contributed by atoms with Crippen LogP contribution in [0.25, 0.3) is 0 Å². The number of hydrogen-bond donors (Lipinski definition) is 3. The molecule has 1 aliphatic rings. The third kappa shape index (κ3) is 1.86. The highest BCUT2D eigenvalue weighted by Gasteiger charge is 2.24. The van der Waals surface area contributed by atoms with Crippen LogP contribution in [0.15, 0.2) is 0 Å². The second-order valence-electron chi connectivity index (χ2n) is 2.79. The average molecular weight is 173 g/mol. The van der Waals surface area contributed by atoms with Crippen LogP contribution in [-0.2, 0) is 0 Å². The second-order valence-corrected chi connectivity index (χ2v) is 2.79. The number of amides is 2. The minimum absolute atomic E-state index is 0.0143. The van der Waals surface area contributed by atoms with Gasteiger partial charge in [-0.3, -0.25) is 0 Å². The van der Waals surface area contributed by atoms with Gasteiger partial charge in [0.2, 0.25) is 0 Å². The van der Waals surface area contributed by atoms with Gasteiger partial charge in [0.15, 0.2) is 0 Å². The Kier molecular flexibility index (Phi) is 3.31. The van der Waals surface area contributed by atoms with Crippen LogP contribution in [0.4, 0.5) is 4.79 Å². The summed E-state index contributed by atoms with van der Waals surface area (Å²) in [4.78, 5) is 12.9. The van der Waals surface area contributed by atoms with Crippen molar-refractivity contribution in [1.82, 2.24) is 15.5 Å². The number of piperazine rings is 1. The first kappa shape index (κ1) is 9.28. The van der Waals surface area contributed by atoms with Gasteiger partial charge in [0.05, 0.1) is 12.6 Å². The largest absolute Gasteiger partial charge is 0.394 e. The van der Waals surface area contributed by atoms with Gasteiger partial charge in [-0.25, -0.2) is 4.79 Å². The zero-order chi connectivity index (χ0) is 8.97. The fourth-order valence-electron chi connectivity index (χ4n) is 1.34. The van der Waals surface area contributed by atoms with E-state index in [1.807, 2.05) is 0 Å². The zero-order valence-corrected chi connectivity index (χ0v) is 7.21. The molecule has 1 saturated heterocycles. The average Bonchev–Trinajstić information content (AvgIpc) is 2.16. The van der Waals surface area contributed by atoms with Gasteiger partial charge in [-0.05, 0) is 0 Å². The first-order chi connectivity index (χ1) is 5.79. The number of aliphatic hydroxyl groups is 1. The Labute approximate surface area is 71.7 Å². The molecule has 0 aromatic rings. The first-order valence-electron chi connectivity index (χ1n) is 4.09. The van der Waals surface area contributed by atoms with Crippen molar-refractivity contribution in [1.29, 1.82) is 0 Å². The summed E-state index contributed by atoms with van der Waals surface area (Å²) in [5.41, 5.74) is 0. The molecule has 1 rings (SSSR count). The van der Waals surface area contributed by atoms with Crippen molar-refractivity contribution in [3.05, 3.63) is 0 Å². The molecule has 5 heteroatoms. The number of carbonyl (C=O) groups is 1. The molecule has 2 amide bonds. The maximum Gasteiger partial charge on any atom is 0.317 e. The smallest absolute Gasteiger partial charge is 0.317 e. The van der Waals surface area contributed by atoms with E-state index in [-0.39, 0.29) is 18.7 Å². The van der Waals surface area contributed by atoms with E-state index in [0.717, 1.165) is 6.54 Å². The van der Waals surface area contributed by atoms with E-state index in [4.69, 9.17) is 5.11 Å². The monoisotopic (exact) mass is 173 g/mol. The van der Waals surface area contributed by atoms with Gasteiger partial charge in [0.25, 0.3) is 0 Å². The Bertz CT molecular complexity index is 163. The van der Waals surface area contributed by atoms with E-state index in [1.165, 1.54) is 0 Å². The summed E-state index contributed by atoms with van der Waals surface area (Å²) in [6.45, 7) is 2.14. The Balaban J connectivity index is 2.52. The molecule has 1 heterocycles. The first-order valence-corrected chi connectivity index (χ1v) is 4.09. The molecule has 0 saturated carbocycles. The molecule has 70 valence electrons. The van der Waals surface area contributed by atoms with E-state index >= 15 is 0 Å². The van der Waals surface area contributed by atoms with E-state index in [1.54, 1.807) is 11.9 Å². The lowest BCUT2D eigenvalue weighted by molar-refractivity contribution is 0.117. The number of aliphatic hydroxyl groups excluding tert-OH is 1. The third-order valence-corrected chi connectivity index (χ3v) is 2.04. The summed E-state index contributed by atoms with van der Waals surface area (Å²) in [5.74, 6) is 0. The molecule has 12 heavy (non-hydrogen) atoms. The van der Waals surface area contributed by atoms with Crippen LogP contribution in [0.1, 0.15) is 0 Å². The molecule has 0 radical (unpaired) electrons. The lowest BCUT2D eigenvalue weighted by atomic mass is 10.2. The molecule has 0 aliphatic carbocycles. The predicted molar refractivity (Wildman–Crippen MR) is 44.9 cm³/mol. The third-order valence-electron chi connectivity index (χ3n) is 2.04. The van der Waals surface area contributed by atoms with Gasteiger partial charge in [-0.1, -0.05) is 0 Å². The van der Waals surface area contributed by atoms with Crippen molar-refractivity contribution in [2.24, 2.45) is 0 Å². The number of hydrogen-bond acceptors (Lipinski definition) is 3. The molecular formula is C7H15N3O2. The maximum absolute atomic E-state index is 11.2. The van der Waals surface area contributed by atoms with Crippen molar-refractivity contribution in [2.75, 3.05) is 33.3 Å². The van der Waals surface area contributed by atoms with E-state index in [0.29, 0.717) is 13.1 Å². The highest BCUT2D eigenvalue weighted by Crippen LogP contribution is 2.01. The van der Waals surface area contributed by atoms with Crippen LogP contribution in [0, 0.1) is 0 Å². The fourth-order valence-corrected chi connectivity index (χ4v) is 1.34. The topological polar surface area (TPSA) is 64.6 Å². The molecule has 3 N–H and O–H groups in total. The fraction of sp³-hybridized carbons (Fsp3) is 0.857. The van der Waals surface area contributed by atoms with Crippen molar-refractivity contribution in [2.45, 2.75) is 6.04 Å². The minimum Gasteiger partial charge on any atom is -0.394 e. The summed E-state index contributed by atoms with van der Waals surface area (Å²) < 4.78 is 0. The zero-order valence-electron chi connectivity index (χ0n) is 7.21. The van der Waals surface area contributed by atoms with Gasteiger partial charge >= 0.3 is 6.03 Å². The van der Waals surface area contributed by atoms with Crippen molar-refractivity contribution in [3.63, 3.8) is 0 Å².